The van der Waals surface area contributed by atoms with E-state index in [1.807, 2.05) is 52.5 Å². The van der Waals surface area contributed by atoms with Crippen LogP contribution >= 0.6 is 23.5 Å². The van der Waals surface area contributed by atoms with Crippen LogP contribution in [0.4, 0.5) is 0 Å². The molecule has 1 amide bonds. The topological polar surface area (TPSA) is 60.9 Å². The van der Waals surface area contributed by atoms with Crippen LogP contribution in [-0.2, 0) is 4.79 Å². The summed E-state index contributed by atoms with van der Waals surface area (Å²) < 4.78 is 0.503. The van der Waals surface area contributed by atoms with E-state index in [2.05, 4.69) is 12.1 Å². The molecule has 3 rings (SSSR count). The van der Waals surface area contributed by atoms with Gasteiger partial charge in [0.2, 0.25) is 0 Å². The van der Waals surface area contributed by atoms with E-state index in [0.717, 1.165) is 31.4 Å². The molecule has 0 spiro atoms. The van der Waals surface area contributed by atoms with Crippen LogP contribution in [0.3, 0.4) is 0 Å². The van der Waals surface area contributed by atoms with Gasteiger partial charge in [-0.05, 0) is 44.0 Å². The Labute approximate surface area is 163 Å². The smallest absolute Gasteiger partial charge is 0.317 e. The van der Waals surface area contributed by atoms with Gasteiger partial charge in [-0.1, -0.05) is 12.1 Å². The molecule has 0 bridgehead atoms. The zero-order valence-electron chi connectivity index (χ0n) is 15.1. The molecule has 5 nitrogen and oxygen atoms in total. The molecule has 26 heavy (non-hydrogen) atoms. The first-order chi connectivity index (χ1) is 12.5. The monoisotopic (exact) mass is 394 g/mol. The number of likely N-dealkylation sites (tertiary alicyclic amines) is 1. The van der Waals surface area contributed by atoms with Gasteiger partial charge in [0.25, 0.3) is 5.91 Å². The van der Waals surface area contributed by atoms with E-state index >= 15 is 0 Å². The van der Waals surface area contributed by atoms with E-state index in [9.17, 15) is 9.59 Å². The average Bonchev–Trinajstić information content (AvgIpc) is 3.05. The number of hydrogen-bond acceptors (Lipinski definition) is 5. The molecule has 1 unspecified atom stereocenters. The second-order valence-corrected chi connectivity index (χ2v) is 9.61. The molecule has 2 heterocycles. The van der Waals surface area contributed by atoms with Crippen LogP contribution in [0, 0.1) is 0 Å². The molecular weight excluding hydrogens is 368 g/mol. The van der Waals surface area contributed by atoms with Crippen LogP contribution in [0.1, 0.15) is 39.8 Å². The van der Waals surface area contributed by atoms with Crippen molar-refractivity contribution in [1.29, 1.82) is 0 Å². The van der Waals surface area contributed by atoms with Crippen LogP contribution in [-0.4, -0.2) is 71.0 Å². The van der Waals surface area contributed by atoms with Gasteiger partial charge in [0.1, 0.15) is 0 Å². The van der Waals surface area contributed by atoms with E-state index in [-0.39, 0.29) is 18.5 Å². The molecule has 1 atom stereocenters. The van der Waals surface area contributed by atoms with Crippen molar-refractivity contribution in [3.05, 3.63) is 35.4 Å². The molecule has 2 saturated heterocycles. The minimum atomic E-state index is -0.802. The van der Waals surface area contributed by atoms with Crippen LogP contribution < -0.4 is 0 Å². The van der Waals surface area contributed by atoms with Gasteiger partial charge < -0.3 is 10.0 Å². The SMILES string of the molecule is CN(CC(=O)O)C1CCCN(C(=O)c2ccc(C3SCCS3)cc2)CC1. The third-order valence-corrected chi connectivity index (χ3v) is 8.15. The lowest BCUT2D eigenvalue weighted by atomic mass is 10.1. The Morgan fingerprint density at radius 1 is 1.15 bits per heavy atom. The van der Waals surface area contributed by atoms with Crippen molar-refractivity contribution in [2.24, 2.45) is 0 Å². The predicted molar refractivity (Wildman–Crippen MR) is 108 cm³/mol. The van der Waals surface area contributed by atoms with Crippen LogP contribution in [0.25, 0.3) is 0 Å². The average molecular weight is 395 g/mol. The van der Waals surface area contributed by atoms with Crippen molar-refractivity contribution in [2.45, 2.75) is 29.9 Å². The maximum Gasteiger partial charge on any atom is 0.317 e. The number of nitrogens with zero attached hydrogens (tertiary/aromatic N) is 2. The van der Waals surface area contributed by atoms with Gasteiger partial charge in [0.05, 0.1) is 11.1 Å². The third kappa shape index (κ3) is 4.96. The lowest BCUT2D eigenvalue weighted by Crippen LogP contribution is -2.37. The van der Waals surface area contributed by atoms with E-state index in [0.29, 0.717) is 11.1 Å². The molecule has 0 radical (unpaired) electrons. The molecular formula is C19H26N2O3S2. The number of carbonyl (C=O) groups excluding carboxylic acids is 1. The molecule has 0 aromatic heterocycles. The summed E-state index contributed by atoms with van der Waals surface area (Å²) in [5, 5.41) is 8.97. The zero-order valence-corrected chi connectivity index (χ0v) is 16.7. The number of benzene rings is 1. The Morgan fingerprint density at radius 2 is 1.85 bits per heavy atom. The van der Waals surface area contributed by atoms with Crippen molar-refractivity contribution < 1.29 is 14.7 Å². The van der Waals surface area contributed by atoms with Crippen molar-refractivity contribution in [3.8, 4) is 0 Å². The van der Waals surface area contributed by atoms with Crippen LogP contribution in [0.15, 0.2) is 24.3 Å². The first kappa shape index (κ1) is 19.6. The fourth-order valence-corrected chi connectivity index (χ4v) is 6.44. The number of carbonyl (C=O) groups is 2. The Balaban J connectivity index is 1.58. The van der Waals surface area contributed by atoms with Crippen molar-refractivity contribution in [1.82, 2.24) is 9.80 Å². The fraction of sp³-hybridized carbons (Fsp3) is 0.579. The van der Waals surface area contributed by atoms with Gasteiger partial charge in [-0.2, -0.15) is 0 Å². The summed E-state index contributed by atoms with van der Waals surface area (Å²) in [6.07, 6.45) is 2.67. The van der Waals surface area contributed by atoms with Crippen molar-refractivity contribution >= 4 is 35.4 Å². The van der Waals surface area contributed by atoms with Crippen LogP contribution in [0.5, 0.6) is 0 Å². The van der Waals surface area contributed by atoms with Crippen molar-refractivity contribution in [3.63, 3.8) is 0 Å². The number of likely N-dealkylation sites (N-methyl/N-ethyl adjacent to an activating group) is 1. The number of aliphatic carboxylic acids is 1. The standard InChI is InChI=1S/C19H26N2O3S2/c1-20(13-17(22)23)16-3-2-9-21(10-8-16)18(24)14-4-6-15(7-5-14)19-25-11-12-26-19/h4-7,16,19H,2-3,8-13H2,1H3,(H,22,23). The number of amides is 1. The molecule has 0 aliphatic carbocycles. The Bertz CT molecular complexity index is 632. The van der Waals surface area contributed by atoms with E-state index in [1.165, 1.54) is 17.1 Å². The lowest BCUT2D eigenvalue weighted by Gasteiger charge is -2.25. The van der Waals surface area contributed by atoms with Crippen molar-refractivity contribution in [2.75, 3.05) is 38.2 Å². The summed E-state index contributed by atoms with van der Waals surface area (Å²) in [5.41, 5.74) is 2.04. The highest BCUT2D eigenvalue weighted by molar-refractivity contribution is 8.19. The maximum atomic E-state index is 12.8. The second-order valence-electron chi connectivity index (χ2n) is 6.88. The van der Waals surface area contributed by atoms with Gasteiger partial charge in [0, 0.05) is 36.2 Å². The van der Waals surface area contributed by atoms with E-state index in [1.54, 1.807) is 0 Å². The third-order valence-electron chi connectivity index (χ3n) is 5.04. The number of carboxylic acids is 1. The highest BCUT2D eigenvalue weighted by Gasteiger charge is 2.25. The molecule has 2 fully saturated rings. The molecule has 1 N–H and O–H groups in total. The van der Waals surface area contributed by atoms with E-state index in [4.69, 9.17) is 5.11 Å². The fourth-order valence-electron chi connectivity index (χ4n) is 3.58. The second kappa shape index (κ2) is 9.15. The molecule has 1 aromatic rings. The Morgan fingerprint density at radius 3 is 2.50 bits per heavy atom. The van der Waals surface area contributed by atoms with Gasteiger partial charge in [-0.25, -0.2) is 0 Å². The zero-order chi connectivity index (χ0) is 18.5. The molecule has 142 valence electrons. The maximum absolute atomic E-state index is 12.8. The minimum Gasteiger partial charge on any atom is -0.480 e. The first-order valence-electron chi connectivity index (χ1n) is 9.09. The number of hydrogen-bond donors (Lipinski definition) is 1. The van der Waals surface area contributed by atoms with Crippen LogP contribution in [0.2, 0.25) is 0 Å². The quantitative estimate of drug-likeness (QED) is 0.828. The number of carboxylic acid groups (broad SMARTS) is 1. The van der Waals surface area contributed by atoms with Gasteiger partial charge in [-0.3, -0.25) is 14.5 Å². The number of rotatable bonds is 5. The summed E-state index contributed by atoms with van der Waals surface area (Å²) >= 11 is 3.94. The summed E-state index contributed by atoms with van der Waals surface area (Å²) in [4.78, 5) is 27.6. The molecule has 0 saturated carbocycles. The molecule has 7 heteroatoms. The summed E-state index contributed by atoms with van der Waals surface area (Å²) in [6, 6.07) is 8.31. The largest absolute Gasteiger partial charge is 0.480 e. The number of thioether (sulfide) groups is 2. The Kier molecular flexibility index (Phi) is 6.89. The van der Waals surface area contributed by atoms with Gasteiger partial charge in [-0.15, -0.1) is 23.5 Å². The lowest BCUT2D eigenvalue weighted by molar-refractivity contribution is -0.138. The Hall–Kier alpha value is -1.18. The van der Waals surface area contributed by atoms with Gasteiger partial charge >= 0.3 is 5.97 Å². The minimum absolute atomic E-state index is 0.0528. The normalized spacial score (nSPS) is 21.8. The van der Waals surface area contributed by atoms with Gasteiger partial charge in [0.15, 0.2) is 0 Å². The molecule has 2 aliphatic heterocycles. The molecule has 1 aromatic carbocycles. The highest BCUT2D eigenvalue weighted by Crippen LogP contribution is 2.45. The predicted octanol–water partition coefficient (Wildman–Crippen LogP) is 3.18. The molecule has 2 aliphatic rings. The summed E-state index contributed by atoms with van der Waals surface area (Å²) in [6.45, 7) is 1.48. The van der Waals surface area contributed by atoms with E-state index < -0.39 is 5.97 Å². The highest BCUT2D eigenvalue weighted by atomic mass is 32.2. The summed E-state index contributed by atoms with van der Waals surface area (Å²) in [5.74, 6) is 1.68. The summed E-state index contributed by atoms with van der Waals surface area (Å²) in [7, 11) is 1.86. The first-order valence-corrected chi connectivity index (χ1v) is 11.2.